The van der Waals surface area contributed by atoms with E-state index in [4.69, 9.17) is 4.42 Å². The highest BCUT2D eigenvalue weighted by atomic mass is 79.9. The van der Waals surface area contributed by atoms with Gasteiger partial charge in [-0.25, -0.2) is 0 Å². The Labute approximate surface area is 153 Å². The molecule has 0 radical (unpaired) electrons. The van der Waals surface area contributed by atoms with Crippen LogP contribution in [0.25, 0.3) is 0 Å². The summed E-state index contributed by atoms with van der Waals surface area (Å²) in [5, 5.41) is 12.8. The van der Waals surface area contributed by atoms with Gasteiger partial charge in [-0.2, -0.15) is 0 Å². The van der Waals surface area contributed by atoms with Gasteiger partial charge in [-0.1, -0.05) is 0 Å². The number of rotatable bonds is 4. The van der Waals surface area contributed by atoms with E-state index >= 15 is 0 Å². The first-order valence-corrected chi connectivity index (χ1v) is 8.30. The van der Waals surface area contributed by atoms with Gasteiger partial charge in [-0.3, -0.25) is 9.79 Å². The molecule has 5 nitrogen and oxygen atoms in total. The molecule has 2 N–H and O–H groups in total. The number of halogens is 1. The molecule has 0 atom stereocenters. The molecule has 0 saturated carbocycles. The molecule has 2 aromatic carbocycles. The number of carbonyl (C=O) groups is 1. The SMILES string of the molecule is Cc1cc(Br)c(O)c(C=Nc2ccc(NC(=O)c3ccco3)cc2)c1. The quantitative estimate of drug-likeness (QED) is 0.603. The van der Waals surface area contributed by atoms with Crippen LogP contribution in [0.4, 0.5) is 11.4 Å². The molecule has 3 rings (SSSR count). The van der Waals surface area contributed by atoms with Crippen LogP contribution in [0.2, 0.25) is 0 Å². The Morgan fingerprint density at radius 2 is 2.00 bits per heavy atom. The van der Waals surface area contributed by atoms with E-state index in [0.717, 1.165) is 5.56 Å². The predicted molar refractivity (Wildman–Crippen MR) is 101 cm³/mol. The minimum atomic E-state index is -0.309. The number of hydrogen-bond donors (Lipinski definition) is 2. The number of anilines is 1. The van der Waals surface area contributed by atoms with Gasteiger partial charge in [0.05, 0.1) is 16.4 Å². The summed E-state index contributed by atoms with van der Waals surface area (Å²) in [5.74, 6) is 0.0927. The summed E-state index contributed by atoms with van der Waals surface area (Å²) in [6, 6.07) is 14.0. The van der Waals surface area contributed by atoms with E-state index in [-0.39, 0.29) is 17.4 Å². The van der Waals surface area contributed by atoms with E-state index in [1.165, 1.54) is 6.26 Å². The van der Waals surface area contributed by atoms with Gasteiger partial charge < -0.3 is 14.8 Å². The first kappa shape index (κ1) is 17.0. The van der Waals surface area contributed by atoms with Crippen LogP contribution in [0.15, 0.2) is 68.7 Å². The molecule has 1 aromatic heterocycles. The van der Waals surface area contributed by atoms with Crippen molar-refractivity contribution in [2.45, 2.75) is 6.92 Å². The van der Waals surface area contributed by atoms with Crippen LogP contribution < -0.4 is 5.32 Å². The molecular formula is C19H15BrN2O3. The molecule has 126 valence electrons. The summed E-state index contributed by atoms with van der Waals surface area (Å²) in [6.45, 7) is 1.94. The number of aliphatic imine (C=N–C) groups is 1. The van der Waals surface area contributed by atoms with E-state index < -0.39 is 0 Å². The van der Waals surface area contributed by atoms with Crippen molar-refractivity contribution in [1.82, 2.24) is 0 Å². The van der Waals surface area contributed by atoms with Crippen molar-refractivity contribution in [1.29, 1.82) is 0 Å². The number of nitrogens with zero attached hydrogens (tertiary/aromatic N) is 1. The van der Waals surface area contributed by atoms with Gasteiger partial charge in [0.1, 0.15) is 5.75 Å². The van der Waals surface area contributed by atoms with Gasteiger partial charge in [0.25, 0.3) is 5.91 Å². The molecule has 1 amide bonds. The smallest absolute Gasteiger partial charge is 0.291 e. The van der Waals surface area contributed by atoms with Crippen molar-refractivity contribution in [2.24, 2.45) is 4.99 Å². The van der Waals surface area contributed by atoms with Crippen molar-refractivity contribution in [3.63, 3.8) is 0 Å². The number of aromatic hydroxyl groups is 1. The molecule has 0 unspecified atom stereocenters. The molecule has 0 bridgehead atoms. The zero-order valence-electron chi connectivity index (χ0n) is 13.4. The standard InChI is InChI=1S/C19H15BrN2O3/c1-12-9-13(18(23)16(20)10-12)11-21-14-4-6-15(7-5-14)22-19(24)17-3-2-8-25-17/h2-11,23H,1H3,(H,22,24). The van der Waals surface area contributed by atoms with Crippen molar-refractivity contribution in [3.8, 4) is 5.75 Å². The number of nitrogens with one attached hydrogen (secondary N) is 1. The fourth-order valence-corrected chi connectivity index (χ4v) is 2.83. The Kier molecular flexibility index (Phi) is 5.00. The maximum Gasteiger partial charge on any atom is 0.291 e. The molecule has 6 heteroatoms. The monoisotopic (exact) mass is 398 g/mol. The van der Waals surface area contributed by atoms with Crippen LogP contribution in [-0.2, 0) is 0 Å². The van der Waals surface area contributed by atoms with E-state index in [9.17, 15) is 9.90 Å². The molecule has 3 aromatic rings. The van der Waals surface area contributed by atoms with Gasteiger partial charge in [0.15, 0.2) is 5.76 Å². The van der Waals surface area contributed by atoms with Crippen molar-refractivity contribution >= 4 is 39.4 Å². The van der Waals surface area contributed by atoms with Crippen LogP contribution in [0, 0.1) is 6.92 Å². The fourth-order valence-electron chi connectivity index (χ4n) is 2.24. The number of amides is 1. The average Bonchev–Trinajstić information content (AvgIpc) is 3.13. The zero-order chi connectivity index (χ0) is 17.8. The second-order valence-electron chi connectivity index (χ2n) is 5.42. The van der Waals surface area contributed by atoms with Gasteiger partial charge in [0, 0.05) is 17.5 Å². The third-order valence-electron chi connectivity index (χ3n) is 3.46. The Bertz CT molecular complexity index is 917. The summed E-state index contributed by atoms with van der Waals surface area (Å²) < 4.78 is 5.68. The van der Waals surface area contributed by atoms with Crippen LogP contribution in [-0.4, -0.2) is 17.2 Å². The molecule has 0 aliphatic heterocycles. The third-order valence-corrected chi connectivity index (χ3v) is 4.06. The van der Waals surface area contributed by atoms with E-state index in [2.05, 4.69) is 26.2 Å². The predicted octanol–water partition coefficient (Wildman–Crippen LogP) is 5.06. The molecule has 0 aliphatic rings. The van der Waals surface area contributed by atoms with E-state index in [1.54, 1.807) is 42.6 Å². The van der Waals surface area contributed by atoms with Gasteiger partial charge in [-0.15, -0.1) is 0 Å². The van der Waals surface area contributed by atoms with Crippen molar-refractivity contribution in [3.05, 3.63) is 76.2 Å². The van der Waals surface area contributed by atoms with Crippen LogP contribution in [0.1, 0.15) is 21.7 Å². The minimum Gasteiger partial charge on any atom is -0.506 e. The Hall–Kier alpha value is -2.86. The number of benzene rings is 2. The topological polar surface area (TPSA) is 74.8 Å². The fraction of sp³-hybridized carbons (Fsp3) is 0.0526. The third kappa shape index (κ3) is 4.16. The lowest BCUT2D eigenvalue weighted by atomic mass is 10.1. The molecule has 25 heavy (non-hydrogen) atoms. The van der Waals surface area contributed by atoms with Crippen LogP contribution in [0.3, 0.4) is 0 Å². The molecule has 0 saturated heterocycles. The van der Waals surface area contributed by atoms with Gasteiger partial charge in [-0.05, 0) is 76.9 Å². The number of aryl methyl sites for hydroxylation is 1. The summed E-state index contributed by atoms with van der Waals surface area (Å²) in [6.07, 6.45) is 3.05. The summed E-state index contributed by atoms with van der Waals surface area (Å²) in [4.78, 5) is 16.3. The van der Waals surface area contributed by atoms with E-state index in [0.29, 0.717) is 21.4 Å². The van der Waals surface area contributed by atoms with Gasteiger partial charge >= 0.3 is 0 Å². The largest absolute Gasteiger partial charge is 0.506 e. The molecule has 0 spiro atoms. The molecule has 1 heterocycles. The normalized spacial score (nSPS) is 11.0. The minimum absolute atomic E-state index is 0.150. The average molecular weight is 399 g/mol. The summed E-state index contributed by atoms with van der Waals surface area (Å²) >= 11 is 3.31. The maximum atomic E-state index is 11.9. The first-order valence-electron chi connectivity index (χ1n) is 7.51. The van der Waals surface area contributed by atoms with Crippen molar-refractivity contribution in [2.75, 3.05) is 5.32 Å². The molecular weight excluding hydrogens is 384 g/mol. The number of furan rings is 1. The Morgan fingerprint density at radius 3 is 2.68 bits per heavy atom. The summed E-state index contributed by atoms with van der Waals surface area (Å²) in [5.41, 5.74) is 2.98. The van der Waals surface area contributed by atoms with Gasteiger partial charge in [0.2, 0.25) is 0 Å². The number of carbonyl (C=O) groups excluding carboxylic acids is 1. The summed E-state index contributed by atoms with van der Waals surface area (Å²) in [7, 11) is 0. The number of phenols is 1. The second-order valence-corrected chi connectivity index (χ2v) is 6.28. The zero-order valence-corrected chi connectivity index (χ0v) is 14.9. The first-order chi connectivity index (χ1) is 12.0. The van der Waals surface area contributed by atoms with E-state index in [1.807, 2.05) is 19.1 Å². The van der Waals surface area contributed by atoms with Crippen LogP contribution in [0.5, 0.6) is 5.75 Å². The van der Waals surface area contributed by atoms with Crippen LogP contribution >= 0.6 is 15.9 Å². The highest BCUT2D eigenvalue weighted by molar-refractivity contribution is 9.10. The Morgan fingerprint density at radius 1 is 1.24 bits per heavy atom. The lowest BCUT2D eigenvalue weighted by molar-refractivity contribution is 0.0996. The number of hydrogen-bond acceptors (Lipinski definition) is 4. The highest BCUT2D eigenvalue weighted by Crippen LogP contribution is 2.28. The lowest BCUT2D eigenvalue weighted by Gasteiger charge is -2.04. The second kappa shape index (κ2) is 7.36. The molecule has 0 aliphatic carbocycles. The highest BCUT2D eigenvalue weighted by Gasteiger charge is 2.08. The Balaban J connectivity index is 1.72. The molecule has 0 fully saturated rings. The lowest BCUT2D eigenvalue weighted by Crippen LogP contribution is -2.10. The maximum absolute atomic E-state index is 11.9. The number of phenolic OH excluding ortho intramolecular Hbond substituents is 1. The van der Waals surface area contributed by atoms with Crippen molar-refractivity contribution < 1.29 is 14.3 Å².